The Labute approximate surface area is 137 Å². The molecule has 1 saturated carbocycles. The molecule has 2 nitrogen and oxygen atoms in total. The van der Waals surface area contributed by atoms with E-state index in [4.69, 9.17) is 0 Å². The van der Waals surface area contributed by atoms with Crippen LogP contribution in [0.2, 0.25) is 0 Å². The Bertz CT molecular complexity index is 735. The smallest absolute Gasteiger partial charge is 0.133 e. The number of phenols is 1. The normalized spacial score (nSPS) is 26.4. The average Bonchev–Trinajstić information content (AvgIpc) is 2.56. The molecule has 2 aliphatic rings. The van der Waals surface area contributed by atoms with Crippen LogP contribution in [0.15, 0.2) is 48.5 Å². The van der Waals surface area contributed by atoms with Gasteiger partial charge in [-0.1, -0.05) is 36.4 Å². The van der Waals surface area contributed by atoms with Crippen molar-refractivity contribution in [2.45, 2.75) is 43.9 Å². The van der Waals surface area contributed by atoms with Gasteiger partial charge in [0.25, 0.3) is 0 Å². The van der Waals surface area contributed by atoms with Crippen molar-refractivity contribution in [3.63, 3.8) is 0 Å². The van der Waals surface area contributed by atoms with Gasteiger partial charge in [0, 0.05) is 18.3 Å². The molecule has 0 aliphatic heterocycles. The average molecular weight is 306 g/mol. The van der Waals surface area contributed by atoms with Gasteiger partial charge in [-0.25, -0.2) is 0 Å². The first-order chi connectivity index (χ1) is 11.2. The number of aryl methyl sites for hydroxylation is 1. The largest absolute Gasteiger partial charge is 0.508 e. The lowest BCUT2D eigenvalue weighted by Gasteiger charge is -2.48. The lowest BCUT2D eigenvalue weighted by molar-refractivity contribution is -0.123. The Morgan fingerprint density at radius 1 is 1.09 bits per heavy atom. The van der Waals surface area contributed by atoms with Crippen LogP contribution in [-0.4, -0.2) is 10.9 Å². The van der Waals surface area contributed by atoms with E-state index >= 15 is 0 Å². The third-order valence-corrected chi connectivity index (χ3v) is 5.86. The third kappa shape index (κ3) is 2.46. The predicted molar refractivity (Wildman–Crippen MR) is 90.6 cm³/mol. The fourth-order valence-corrected chi connectivity index (χ4v) is 4.76. The highest BCUT2D eigenvalue weighted by molar-refractivity contribution is 5.80. The second-order valence-corrected chi connectivity index (χ2v) is 7.14. The van der Waals surface area contributed by atoms with Gasteiger partial charge in [-0.05, 0) is 60.4 Å². The highest BCUT2D eigenvalue weighted by Gasteiger charge is 2.47. The van der Waals surface area contributed by atoms with E-state index in [1.807, 2.05) is 12.1 Å². The molecule has 118 valence electrons. The molecule has 0 bridgehead atoms. The summed E-state index contributed by atoms with van der Waals surface area (Å²) in [7, 11) is 0. The predicted octanol–water partition coefficient (Wildman–Crippen LogP) is 4.19. The molecule has 23 heavy (non-hydrogen) atoms. The van der Waals surface area contributed by atoms with Gasteiger partial charge in [0.15, 0.2) is 0 Å². The van der Waals surface area contributed by atoms with Crippen LogP contribution in [0, 0.1) is 5.92 Å². The zero-order chi connectivity index (χ0) is 15.9. The Kier molecular flexibility index (Phi) is 3.48. The monoisotopic (exact) mass is 306 g/mol. The lowest BCUT2D eigenvalue weighted by Crippen LogP contribution is -2.45. The summed E-state index contributed by atoms with van der Waals surface area (Å²) in [5.41, 5.74) is 4.03. The molecule has 0 saturated heterocycles. The van der Waals surface area contributed by atoms with Crippen molar-refractivity contribution in [2.75, 3.05) is 0 Å². The molecule has 4 rings (SSSR count). The Balaban J connectivity index is 1.82. The SMILES string of the molecule is O=C1CC[C@]2(Cc3ccccc3)c3ccc(O)cc3CC[C@@H]2C1. The number of benzene rings is 2. The van der Waals surface area contributed by atoms with Crippen LogP contribution in [0.4, 0.5) is 0 Å². The van der Waals surface area contributed by atoms with Gasteiger partial charge in [0.05, 0.1) is 0 Å². The van der Waals surface area contributed by atoms with Gasteiger partial charge in [0.2, 0.25) is 0 Å². The van der Waals surface area contributed by atoms with E-state index in [0.717, 1.165) is 25.7 Å². The van der Waals surface area contributed by atoms with Crippen molar-refractivity contribution in [1.82, 2.24) is 0 Å². The maximum atomic E-state index is 12.0. The number of hydrogen-bond acceptors (Lipinski definition) is 2. The molecular formula is C21H22O2. The summed E-state index contributed by atoms with van der Waals surface area (Å²) in [6.45, 7) is 0. The molecule has 0 heterocycles. The van der Waals surface area contributed by atoms with Gasteiger partial charge < -0.3 is 5.11 Å². The highest BCUT2D eigenvalue weighted by atomic mass is 16.3. The molecular weight excluding hydrogens is 284 g/mol. The van der Waals surface area contributed by atoms with E-state index in [2.05, 4.69) is 36.4 Å². The number of phenolic OH excluding ortho intramolecular Hbond substituents is 1. The minimum Gasteiger partial charge on any atom is -0.508 e. The van der Waals surface area contributed by atoms with Crippen molar-refractivity contribution in [3.8, 4) is 5.75 Å². The maximum absolute atomic E-state index is 12.0. The van der Waals surface area contributed by atoms with E-state index in [1.54, 1.807) is 0 Å². The summed E-state index contributed by atoms with van der Waals surface area (Å²) in [5, 5.41) is 9.85. The fraction of sp³-hybridized carbons (Fsp3) is 0.381. The van der Waals surface area contributed by atoms with Crippen LogP contribution >= 0.6 is 0 Å². The number of carbonyl (C=O) groups excluding carboxylic acids is 1. The molecule has 1 N–H and O–H groups in total. The zero-order valence-corrected chi connectivity index (χ0v) is 13.3. The number of rotatable bonds is 2. The first kappa shape index (κ1) is 14.5. The second kappa shape index (κ2) is 5.52. The number of Topliss-reactive ketones (excluding diaryl/α,β-unsaturated/α-hetero) is 1. The molecule has 2 aliphatic carbocycles. The van der Waals surface area contributed by atoms with E-state index in [9.17, 15) is 9.90 Å². The third-order valence-electron chi connectivity index (χ3n) is 5.86. The zero-order valence-electron chi connectivity index (χ0n) is 13.3. The standard InChI is InChI=1S/C21H22O2/c22-18-8-9-20-16(12-18)6-7-17-13-19(23)10-11-21(17,20)14-15-4-2-1-3-5-15/h1-5,8-9,12,17,22H,6-7,10-11,13-14H2/t17-,21-/m1/s1. The van der Waals surface area contributed by atoms with E-state index in [-0.39, 0.29) is 5.41 Å². The second-order valence-electron chi connectivity index (χ2n) is 7.14. The van der Waals surface area contributed by atoms with Gasteiger partial charge in [-0.15, -0.1) is 0 Å². The van der Waals surface area contributed by atoms with E-state index in [1.165, 1.54) is 16.7 Å². The molecule has 0 spiro atoms. The van der Waals surface area contributed by atoms with Crippen molar-refractivity contribution in [2.24, 2.45) is 5.92 Å². The topological polar surface area (TPSA) is 37.3 Å². The van der Waals surface area contributed by atoms with E-state index < -0.39 is 0 Å². The van der Waals surface area contributed by atoms with Crippen LogP contribution < -0.4 is 0 Å². The molecule has 0 radical (unpaired) electrons. The van der Waals surface area contributed by atoms with Crippen LogP contribution in [0.3, 0.4) is 0 Å². The summed E-state index contributed by atoms with van der Waals surface area (Å²) in [6, 6.07) is 16.5. The molecule has 0 unspecified atom stereocenters. The van der Waals surface area contributed by atoms with Crippen LogP contribution in [0.25, 0.3) is 0 Å². The van der Waals surface area contributed by atoms with Crippen molar-refractivity contribution in [1.29, 1.82) is 0 Å². The minimum atomic E-state index is 0.0521. The number of aromatic hydroxyl groups is 1. The van der Waals surface area contributed by atoms with Crippen molar-refractivity contribution >= 4 is 5.78 Å². The molecule has 1 fully saturated rings. The highest BCUT2D eigenvalue weighted by Crippen LogP contribution is 2.51. The molecule has 0 amide bonds. The van der Waals surface area contributed by atoms with Crippen LogP contribution in [-0.2, 0) is 23.1 Å². The number of hydrogen-bond donors (Lipinski definition) is 1. The summed E-state index contributed by atoms with van der Waals surface area (Å²) < 4.78 is 0. The Hall–Kier alpha value is -2.09. The van der Waals surface area contributed by atoms with E-state index in [0.29, 0.717) is 30.3 Å². The number of carbonyl (C=O) groups is 1. The fourth-order valence-electron chi connectivity index (χ4n) is 4.76. The minimum absolute atomic E-state index is 0.0521. The summed E-state index contributed by atoms with van der Waals surface area (Å²) in [4.78, 5) is 12.0. The van der Waals surface area contributed by atoms with Crippen molar-refractivity contribution in [3.05, 3.63) is 65.2 Å². The summed E-state index contributed by atoms with van der Waals surface area (Å²) in [6.07, 6.45) is 5.34. The first-order valence-electron chi connectivity index (χ1n) is 8.55. The first-order valence-corrected chi connectivity index (χ1v) is 8.55. The quantitative estimate of drug-likeness (QED) is 0.903. The van der Waals surface area contributed by atoms with Crippen molar-refractivity contribution < 1.29 is 9.90 Å². The van der Waals surface area contributed by atoms with Gasteiger partial charge in [-0.2, -0.15) is 0 Å². The molecule has 2 atom stereocenters. The summed E-state index contributed by atoms with van der Waals surface area (Å²) in [5.74, 6) is 1.20. The maximum Gasteiger partial charge on any atom is 0.133 e. The van der Waals surface area contributed by atoms with Crippen LogP contribution in [0.1, 0.15) is 42.4 Å². The number of fused-ring (bicyclic) bond motifs is 3. The van der Waals surface area contributed by atoms with Crippen LogP contribution in [0.5, 0.6) is 5.75 Å². The molecule has 2 aromatic carbocycles. The molecule has 0 aromatic heterocycles. The van der Waals surface area contributed by atoms with Gasteiger partial charge >= 0.3 is 0 Å². The molecule has 2 aromatic rings. The molecule has 2 heteroatoms. The Morgan fingerprint density at radius 2 is 1.91 bits per heavy atom. The van der Waals surface area contributed by atoms with Gasteiger partial charge in [0.1, 0.15) is 11.5 Å². The van der Waals surface area contributed by atoms with Gasteiger partial charge in [-0.3, -0.25) is 4.79 Å². The lowest BCUT2D eigenvalue weighted by atomic mass is 9.55. The Morgan fingerprint density at radius 3 is 2.74 bits per heavy atom. The summed E-state index contributed by atoms with van der Waals surface area (Å²) >= 11 is 0. The number of ketones is 1.